The highest BCUT2D eigenvalue weighted by atomic mass is 16.1. The molecule has 1 fully saturated rings. The van der Waals surface area contributed by atoms with Gasteiger partial charge in [-0.25, -0.2) is 0 Å². The maximum atomic E-state index is 12.2. The van der Waals surface area contributed by atoms with E-state index in [0.717, 1.165) is 30.8 Å². The average molecular weight is 260 g/mol. The standard InChI is InChI=1S/C16H24N2O/c1-11-5-4-6-15(13(11)3)16(19)18-10-14-9-17-8-7-12(14)2/h4-6,12,14,17H,7-10H2,1-3H3,(H,18,19). The monoisotopic (exact) mass is 260 g/mol. The summed E-state index contributed by atoms with van der Waals surface area (Å²) in [6.45, 7) is 9.20. The second-order valence-electron chi connectivity index (χ2n) is 5.69. The summed E-state index contributed by atoms with van der Waals surface area (Å²) in [7, 11) is 0. The molecular formula is C16H24N2O. The summed E-state index contributed by atoms with van der Waals surface area (Å²) in [4.78, 5) is 12.2. The largest absolute Gasteiger partial charge is 0.352 e. The van der Waals surface area contributed by atoms with E-state index in [2.05, 4.69) is 17.6 Å². The second kappa shape index (κ2) is 6.20. The zero-order valence-electron chi connectivity index (χ0n) is 12.1. The fourth-order valence-corrected chi connectivity index (χ4v) is 2.64. The summed E-state index contributed by atoms with van der Waals surface area (Å²) in [6, 6.07) is 5.89. The van der Waals surface area contributed by atoms with Crippen molar-refractivity contribution in [3.8, 4) is 0 Å². The van der Waals surface area contributed by atoms with E-state index in [1.165, 1.54) is 12.0 Å². The molecule has 0 aliphatic carbocycles. The number of hydrogen-bond acceptors (Lipinski definition) is 2. The molecule has 1 aromatic carbocycles. The summed E-state index contributed by atoms with van der Waals surface area (Å²) in [5, 5.41) is 6.49. The SMILES string of the molecule is Cc1cccc(C(=O)NCC2CNCCC2C)c1C. The smallest absolute Gasteiger partial charge is 0.251 e. The lowest BCUT2D eigenvalue weighted by Gasteiger charge is -2.29. The van der Waals surface area contributed by atoms with Crippen LogP contribution in [0.3, 0.4) is 0 Å². The van der Waals surface area contributed by atoms with E-state index in [0.29, 0.717) is 11.8 Å². The molecule has 2 atom stereocenters. The fraction of sp³-hybridized carbons (Fsp3) is 0.562. The Hall–Kier alpha value is -1.35. The van der Waals surface area contributed by atoms with Crippen molar-refractivity contribution in [1.82, 2.24) is 10.6 Å². The van der Waals surface area contributed by atoms with Gasteiger partial charge in [0.25, 0.3) is 5.91 Å². The molecule has 1 aromatic rings. The van der Waals surface area contributed by atoms with E-state index in [4.69, 9.17) is 0 Å². The summed E-state index contributed by atoms with van der Waals surface area (Å²) >= 11 is 0. The Morgan fingerprint density at radius 2 is 2.21 bits per heavy atom. The quantitative estimate of drug-likeness (QED) is 0.875. The van der Waals surface area contributed by atoms with Gasteiger partial charge in [0.15, 0.2) is 0 Å². The third kappa shape index (κ3) is 3.35. The molecule has 3 nitrogen and oxygen atoms in total. The van der Waals surface area contributed by atoms with Crippen LogP contribution in [0.25, 0.3) is 0 Å². The first-order chi connectivity index (χ1) is 9.09. The molecule has 0 saturated carbocycles. The normalized spacial score (nSPS) is 23.1. The Kier molecular flexibility index (Phi) is 4.59. The highest BCUT2D eigenvalue weighted by Gasteiger charge is 2.21. The number of nitrogens with one attached hydrogen (secondary N) is 2. The number of carbonyl (C=O) groups excluding carboxylic acids is 1. The first kappa shape index (κ1) is 14.1. The lowest BCUT2D eigenvalue weighted by molar-refractivity contribution is 0.0938. The van der Waals surface area contributed by atoms with Gasteiger partial charge in [0.1, 0.15) is 0 Å². The molecule has 1 amide bonds. The van der Waals surface area contributed by atoms with E-state index in [1.807, 2.05) is 32.0 Å². The molecule has 2 unspecified atom stereocenters. The van der Waals surface area contributed by atoms with Crippen molar-refractivity contribution in [2.24, 2.45) is 11.8 Å². The van der Waals surface area contributed by atoms with Crippen molar-refractivity contribution in [2.75, 3.05) is 19.6 Å². The van der Waals surface area contributed by atoms with Gasteiger partial charge in [-0.2, -0.15) is 0 Å². The van der Waals surface area contributed by atoms with Gasteiger partial charge in [-0.05, 0) is 62.4 Å². The Bertz CT molecular complexity index is 456. The van der Waals surface area contributed by atoms with Crippen LogP contribution in [0.4, 0.5) is 0 Å². The van der Waals surface area contributed by atoms with Crippen LogP contribution in [-0.2, 0) is 0 Å². The summed E-state index contributed by atoms with van der Waals surface area (Å²) in [5.74, 6) is 1.28. The predicted molar refractivity (Wildman–Crippen MR) is 78.4 cm³/mol. The van der Waals surface area contributed by atoms with Gasteiger partial charge in [-0.15, -0.1) is 0 Å². The maximum Gasteiger partial charge on any atom is 0.251 e. The topological polar surface area (TPSA) is 41.1 Å². The van der Waals surface area contributed by atoms with Gasteiger partial charge in [0.05, 0.1) is 0 Å². The molecular weight excluding hydrogens is 236 g/mol. The molecule has 1 heterocycles. The molecule has 0 radical (unpaired) electrons. The van der Waals surface area contributed by atoms with E-state index in [1.54, 1.807) is 0 Å². The Labute approximate surface area is 115 Å². The van der Waals surface area contributed by atoms with Crippen molar-refractivity contribution < 1.29 is 4.79 Å². The summed E-state index contributed by atoms with van der Waals surface area (Å²) in [6.07, 6.45) is 1.20. The van der Waals surface area contributed by atoms with Crippen LogP contribution in [-0.4, -0.2) is 25.5 Å². The number of carbonyl (C=O) groups is 1. The second-order valence-corrected chi connectivity index (χ2v) is 5.69. The average Bonchev–Trinajstić information content (AvgIpc) is 2.40. The Balaban J connectivity index is 1.95. The minimum Gasteiger partial charge on any atom is -0.352 e. The molecule has 0 spiro atoms. The predicted octanol–water partition coefficient (Wildman–Crippen LogP) is 2.28. The molecule has 1 aliphatic heterocycles. The first-order valence-corrected chi connectivity index (χ1v) is 7.14. The number of hydrogen-bond donors (Lipinski definition) is 2. The lowest BCUT2D eigenvalue weighted by atomic mass is 9.88. The third-order valence-electron chi connectivity index (χ3n) is 4.36. The first-order valence-electron chi connectivity index (χ1n) is 7.14. The lowest BCUT2D eigenvalue weighted by Crippen LogP contribution is -2.42. The molecule has 2 N–H and O–H groups in total. The van der Waals surface area contributed by atoms with E-state index < -0.39 is 0 Å². The van der Waals surface area contributed by atoms with Crippen LogP contribution in [0, 0.1) is 25.7 Å². The minimum atomic E-state index is 0.0546. The van der Waals surface area contributed by atoms with Crippen LogP contribution in [0.5, 0.6) is 0 Å². The van der Waals surface area contributed by atoms with Crippen molar-refractivity contribution in [3.63, 3.8) is 0 Å². The molecule has 0 aromatic heterocycles. The van der Waals surface area contributed by atoms with Gasteiger partial charge < -0.3 is 10.6 Å². The van der Waals surface area contributed by atoms with E-state index >= 15 is 0 Å². The zero-order chi connectivity index (χ0) is 13.8. The Morgan fingerprint density at radius 1 is 1.42 bits per heavy atom. The molecule has 0 bridgehead atoms. The number of piperidine rings is 1. The van der Waals surface area contributed by atoms with Crippen molar-refractivity contribution in [2.45, 2.75) is 27.2 Å². The number of rotatable bonds is 3. The van der Waals surface area contributed by atoms with Crippen LogP contribution in [0.15, 0.2) is 18.2 Å². The van der Waals surface area contributed by atoms with E-state index in [9.17, 15) is 4.79 Å². The highest BCUT2D eigenvalue weighted by Crippen LogP contribution is 2.18. The van der Waals surface area contributed by atoms with Gasteiger partial charge in [0, 0.05) is 12.1 Å². The molecule has 104 valence electrons. The van der Waals surface area contributed by atoms with Gasteiger partial charge in [-0.1, -0.05) is 19.1 Å². The van der Waals surface area contributed by atoms with Crippen LogP contribution in [0.1, 0.15) is 34.8 Å². The fourth-order valence-electron chi connectivity index (χ4n) is 2.64. The van der Waals surface area contributed by atoms with Crippen molar-refractivity contribution >= 4 is 5.91 Å². The zero-order valence-corrected chi connectivity index (χ0v) is 12.1. The van der Waals surface area contributed by atoms with Gasteiger partial charge >= 0.3 is 0 Å². The summed E-state index contributed by atoms with van der Waals surface area (Å²) < 4.78 is 0. The van der Waals surface area contributed by atoms with Gasteiger partial charge in [0.2, 0.25) is 0 Å². The number of amides is 1. The van der Waals surface area contributed by atoms with Crippen LogP contribution in [0.2, 0.25) is 0 Å². The van der Waals surface area contributed by atoms with Crippen molar-refractivity contribution in [3.05, 3.63) is 34.9 Å². The number of benzene rings is 1. The van der Waals surface area contributed by atoms with E-state index in [-0.39, 0.29) is 5.91 Å². The van der Waals surface area contributed by atoms with Crippen LogP contribution < -0.4 is 10.6 Å². The number of aryl methyl sites for hydroxylation is 1. The molecule has 1 aliphatic rings. The third-order valence-corrected chi connectivity index (χ3v) is 4.36. The minimum absolute atomic E-state index is 0.0546. The highest BCUT2D eigenvalue weighted by molar-refractivity contribution is 5.95. The van der Waals surface area contributed by atoms with Crippen molar-refractivity contribution in [1.29, 1.82) is 0 Å². The molecule has 19 heavy (non-hydrogen) atoms. The maximum absolute atomic E-state index is 12.2. The molecule has 3 heteroatoms. The molecule has 2 rings (SSSR count). The Morgan fingerprint density at radius 3 is 2.95 bits per heavy atom. The van der Waals surface area contributed by atoms with Crippen LogP contribution >= 0.6 is 0 Å². The van der Waals surface area contributed by atoms with Gasteiger partial charge in [-0.3, -0.25) is 4.79 Å². The molecule has 1 saturated heterocycles. The summed E-state index contributed by atoms with van der Waals surface area (Å²) in [5.41, 5.74) is 3.05.